The van der Waals surface area contributed by atoms with E-state index in [1.54, 1.807) is 38.2 Å². The largest absolute Gasteiger partial charge is 0.453 e. The number of halogens is 2. The average Bonchev–Trinajstić information content (AvgIpc) is 4.17. The van der Waals surface area contributed by atoms with E-state index in [2.05, 4.69) is 31.7 Å². The Morgan fingerprint density at radius 2 is 1.43 bits per heavy atom. The Morgan fingerprint density at radius 3 is 2.08 bits per heavy atom. The number of alkyl halides is 2. The Bertz CT molecular complexity index is 2760. The van der Waals surface area contributed by atoms with Crippen LogP contribution in [0.2, 0.25) is 0 Å². The summed E-state index contributed by atoms with van der Waals surface area (Å²) in [6.45, 7) is 7.51. The number of piperidine rings is 1. The number of carbonyl (C=O) groups is 4. The number of aromatic nitrogens is 4. The van der Waals surface area contributed by atoms with Crippen molar-refractivity contribution < 1.29 is 37.4 Å². The number of imidazole rings is 2. The van der Waals surface area contributed by atoms with Crippen molar-refractivity contribution in [2.24, 2.45) is 23.7 Å². The molecule has 2 saturated heterocycles. The van der Waals surface area contributed by atoms with Gasteiger partial charge in [-0.1, -0.05) is 58.0 Å². The average molecular weight is 888 g/mol. The van der Waals surface area contributed by atoms with Crippen LogP contribution in [0.4, 0.5) is 18.4 Å². The number of nitrogens with zero attached hydrogens (tertiary/aromatic N) is 5. The number of H-pyrrole nitrogens is 2. The van der Waals surface area contributed by atoms with Gasteiger partial charge in [-0.25, -0.2) is 19.6 Å². The molecule has 1 unspecified atom stereocenters. The fourth-order valence-electron chi connectivity index (χ4n) is 10.4. The number of carbonyl (C=O) groups excluding carboxylic acids is 4. The smallest absolute Gasteiger partial charge is 0.407 e. The van der Waals surface area contributed by atoms with E-state index in [-0.39, 0.29) is 59.3 Å². The van der Waals surface area contributed by atoms with Crippen LogP contribution in [0.3, 0.4) is 0 Å². The van der Waals surface area contributed by atoms with Crippen molar-refractivity contribution in [2.45, 2.75) is 89.5 Å². The SMILES string of the molecule is COC(=O)NC(C(=O)N1[C@@H]2CC[C@@H](C2)[C@H]1c1nc2ccc(-c3ccc4c(c3)C(F)(F)c3cc(-c5cnc([C@@H]6C[C@H](C#N)CN6C(=O)[C@H](NC(=O)OC)C(C)C)[nH]5)ccc3-4)cc2[nH]1)C(C)C. The summed E-state index contributed by atoms with van der Waals surface area (Å²) in [5.74, 6) is -3.52. The van der Waals surface area contributed by atoms with E-state index in [4.69, 9.17) is 14.5 Å². The second kappa shape index (κ2) is 16.6. The molecule has 1 saturated carbocycles. The van der Waals surface area contributed by atoms with Crippen LogP contribution >= 0.6 is 0 Å². The maximum Gasteiger partial charge on any atom is 0.407 e. The van der Waals surface area contributed by atoms with E-state index in [1.165, 1.54) is 31.3 Å². The molecule has 4 heterocycles. The Hall–Kier alpha value is -6.83. The van der Waals surface area contributed by atoms with E-state index >= 15 is 8.78 Å². The van der Waals surface area contributed by atoms with Crippen LogP contribution in [-0.2, 0) is 25.0 Å². The highest BCUT2D eigenvalue weighted by molar-refractivity contribution is 5.89. The van der Waals surface area contributed by atoms with Crippen molar-refractivity contribution in [2.75, 3.05) is 20.8 Å². The Kier molecular flexibility index (Phi) is 11.1. The maximum atomic E-state index is 16.6. The highest BCUT2D eigenvalue weighted by atomic mass is 19.3. The van der Waals surface area contributed by atoms with Gasteiger partial charge < -0.3 is 39.9 Å². The predicted octanol–water partition coefficient (Wildman–Crippen LogP) is 7.97. The molecule has 0 spiro atoms. The zero-order chi connectivity index (χ0) is 46.1. The Balaban J connectivity index is 0.961. The zero-order valence-corrected chi connectivity index (χ0v) is 36.9. The van der Waals surface area contributed by atoms with Crippen LogP contribution < -0.4 is 10.6 Å². The van der Waals surface area contributed by atoms with Crippen LogP contribution in [0.5, 0.6) is 0 Å². The molecule has 5 aromatic rings. The first-order valence-corrected chi connectivity index (χ1v) is 22.1. The lowest BCUT2D eigenvalue weighted by atomic mass is 9.95. The van der Waals surface area contributed by atoms with Gasteiger partial charge >= 0.3 is 12.2 Å². The summed E-state index contributed by atoms with van der Waals surface area (Å²) in [5, 5.41) is 15.1. The number of hydrogen-bond acceptors (Lipinski definition) is 9. The van der Waals surface area contributed by atoms with Crippen LogP contribution in [0.25, 0.3) is 44.5 Å². The Labute approximate surface area is 374 Å². The van der Waals surface area contributed by atoms with Gasteiger partial charge in [-0.05, 0) is 90.0 Å². The number of benzene rings is 3. The first-order chi connectivity index (χ1) is 31.1. The number of nitriles is 1. The van der Waals surface area contributed by atoms with E-state index in [0.717, 1.165) is 24.8 Å². The summed E-state index contributed by atoms with van der Waals surface area (Å²) in [7, 11) is 2.49. The molecular weight excluding hydrogens is 837 g/mol. The minimum Gasteiger partial charge on any atom is -0.453 e. The molecule has 4 N–H and O–H groups in total. The van der Waals surface area contributed by atoms with E-state index < -0.39 is 42.2 Å². The fraction of sp³-hybridized carbons (Fsp3) is 0.438. The molecule has 2 aliphatic carbocycles. The molecule has 0 radical (unpaired) electrons. The van der Waals surface area contributed by atoms with Crippen molar-refractivity contribution in [3.05, 3.63) is 83.6 Å². The third kappa shape index (κ3) is 7.51. The molecule has 17 heteroatoms. The van der Waals surface area contributed by atoms with Crippen LogP contribution in [0.1, 0.15) is 88.2 Å². The van der Waals surface area contributed by atoms with E-state index in [0.29, 0.717) is 57.1 Å². The summed E-state index contributed by atoms with van der Waals surface area (Å²) >= 11 is 0. The molecule has 4 amide bonds. The van der Waals surface area contributed by atoms with Crippen LogP contribution in [0, 0.1) is 35.0 Å². The summed E-state index contributed by atoms with van der Waals surface area (Å²) in [6, 6.07) is 15.3. The highest BCUT2D eigenvalue weighted by Gasteiger charge is 2.52. The number of rotatable bonds is 10. The summed E-state index contributed by atoms with van der Waals surface area (Å²) in [4.78, 5) is 71.8. The predicted molar refractivity (Wildman–Crippen MR) is 235 cm³/mol. The lowest BCUT2D eigenvalue weighted by Gasteiger charge is -2.37. The van der Waals surface area contributed by atoms with Crippen molar-refractivity contribution in [1.82, 2.24) is 40.4 Å². The fourth-order valence-corrected chi connectivity index (χ4v) is 10.4. The van der Waals surface area contributed by atoms with Gasteiger partial charge in [0.1, 0.15) is 23.7 Å². The monoisotopic (exact) mass is 887 g/mol. The van der Waals surface area contributed by atoms with Crippen molar-refractivity contribution >= 4 is 35.0 Å². The number of hydrogen-bond donors (Lipinski definition) is 4. The van der Waals surface area contributed by atoms with Crippen molar-refractivity contribution in [1.29, 1.82) is 5.26 Å². The quantitative estimate of drug-likeness (QED) is 0.107. The molecule has 65 heavy (non-hydrogen) atoms. The molecule has 9 rings (SSSR count). The van der Waals surface area contributed by atoms with Gasteiger partial charge in [-0.15, -0.1) is 0 Å². The van der Waals surface area contributed by atoms with Gasteiger partial charge in [0.2, 0.25) is 11.8 Å². The van der Waals surface area contributed by atoms with Crippen LogP contribution in [0.15, 0.2) is 60.8 Å². The van der Waals surface area contributed by atoms with Gasteiger partial charge in [0.05, 0.1) is 61.2 Å². The molecule has 4 aliphatic rings. The number of methoxy groups -OCH3 is 2. The standard InChI is InChI=1S/C48H51F2N9O6/c1-23(2)39(56-46(62)64-5)44(60)58-22-25(20-51)15-38(58)42-52-21-37(55-42)28-9-13-32-31-12-8-26(17-33(31)48(49,50)34(32)18-28)27-10-14-35-36(19-27)54-43(53-35)41-29-7-11-30(16-29)59(41)45(61)40(24(3)4)57-47(63)65-6/h8-10,12-14,17-19,21,23-25,29-30,38-41H,7,11,15-16,22H2,1-6H3,(H,52,55)(H,53,54)(H,56,62)(H,57,63)/t25-,29+,30-,38+,39-,40?,41+/m1/s1. The summed E-state index contributed by atoms with van der Waals surface area (Å²) in [6.07, 6.45) is 3.13. The molecule has 7 atom stereocenters. The molecule has 338 valence electrons. The lowest BCUT2D eigenvalue weighted by molar-refractivity contribution is -0.139. The van der Waals surface area contributed by atoms with Crippen molar-refractivity contribution in [3.8, 4) is 39.6 Å². The molecule has 2 aromatic heterocycles. The molecule has 3 aromatic carbocycles. The van der Waals surface area contributed by atoms with Crippen molar-refractivity contribution in [3.63, 3.8) is 0 Å². The van der Waals surface area contributed by atoms with Gasteiger partial charge in [0.15, 0.2) is 0 Å². The molecule has 3 fully saturated rings. The van der Waals surface area contributed by atoms with Gasteiger partial charge in [-0.2, -0.15) is 14.0 Å². The second-order valence-corrected chi connectivity index (χ2v) is 18.3. The van der Waals surface area contributed by atoms with Gasteiger partial charge in [0.25, 0.3) is 5.92 Å². The number of likely N-dealkylation sites (tertiary alicyclic amines) is 2. The normalized spacial score (nSPS) is 22.4. The third-order valence-electron chi connectivity index (χ3n) is 13.7. The first-order valence-electron chi connectivity index (χ1n) is 22.1. The number of alkyl carbamates (subject to hydrolysis) is 2. The minimum absolute atomic E-state index is 0.0347. The summed E-state index contributed by atoms with van der Waals surface area (Å²) < 4.78 is 42.8. The lowest BCUT2D eigenvalue weighted by Crippen LogP contribution is -2.54. The second-order valence-electron chi connectivity index (χ2n) is 18.3. The molecule has 2 bridgehead atoms. The highest BCUT2D eigenvalue weighted by Crippen LogP contribution is 2.53. The number of ether oxygens (including phenoxy) is 2. The first kappa shape index (κ1) is 43.4. The number of amides is 4. The van der Waals surface area contributed by atoms with E-state index in [9.17, 15) is 24.4 Å². The van der Waals surface area contributed by atoms with Crippen LogP contribution in [-0.4, -0.2) is 92.6 Å². The topological polar surface area (TPSA) is 198 Å². The zero-order valence-electron chi connectivity index (χ0n) is 36.9. The number of nitrogens with one attached hydrogen (secondary N) is 4. The summed E-state index contributed by atoms with van der Waals surface area (Å²) in [5.41, 5.74) is 4.26. The minimum atomic E-state index is -3.33. The maximum absolute atomic E-state index is 16.6. The Morgan fingerprint density at radius 1 is 0.815 bits per heavy atom. The number of aromatic amines is 2. The molecule has 15 nitrogen and oxygen atoms in total. The van der Waals surface area contributed by atoms with Gasteiger partial charge in [-0.3, -0.25) is 9.59 Å². The molecule has 2 aliphatic heterocycles. The third-order valence-corrected chi connectivity index (χ3v) is 13.7. The number of fused-ring (bicyclic) bond motifs is 6. The van der Waals surface area contributed by atoms with Gasteiger partial charge in [0, 0.05) is 29.3 Å². The molecular formula is C48H51F2N9O6. The van der Waals surface area contributed by atoms with E-state index in [1.807, 2.05) is 43.0 Å².